The van der Waals surface area contributed by atoms with Crippen LogP contribution in [0.15, 0.2) is 31.0 Å². The smallest absolute Gasteiger partial charge is 0.246 e. The molecule has 3 aromatic rings. The number of nitrogens with one attached hydrogen (secondary N) is 1. The van der Waals surface area contributed by atoms with Gasteiger partial charge in [0.1, 0.15) is 5.82 Å². The highest BCUT2D eigenvalue weighted by molar-refractivity contribution is 5.87. The molecular weight excluding hydrogens is 476 g/mol. The summed E-state index contributed by atoms with van der Waals surface area (Å²) in [5.74, 6) is 2.74. The fourth-order valence-corrected chi connectivity index (χ4v) is 6.46. The molecule has 2 aromatic heterocycles. The summed E-state index contributed by atoms with van der Waals surface area (Å²) >= 11 is 0. The first-order chi connectivity index (χ1) is 18.4. The van der Waals surface area contributed by atoms with Crippen LogP contribution in [0.4, 0.5) is 11.8 Å². The van der Waals surface area contributed by atoms with Gasteiger partial charge in [0.2, 0.25) is 11.9 Å². The van der Waals surface area contributed by atoms with Crippen molar-refractivity contribution in [1.82, 2.24) is 30.0 Å². The molecule has 9 heteroatoms. The van der Waals surface area contributed by atoms with Gasteiger partial charge >= 0.3 is 0 Å². The molecule has 1 unspecified atom stereocenters. The van der Waals surface area contributed by atoms with Crippen LogP contribution in [-0.2, 0) is 17.6 Å². The van der Waals surface area contributed by atoms with Crippen LogP contribution in [0.3, 0.4) is 0 Å². The second-order valence-electron chi connectivity index (χ2n) is 11.2. The topological polar surface area (TPSA) is 84.5 Å². The minimum atomic E-state index is 0.00717. The number of anilines is 2. The van der Waals surface area contributed by atoms with E-state index in [-0.39, 0.29) is 5.91 Å². The number of likely N-dealkylation sites (N-methyl/N-ethyl adjacent to an activating group) is 1. The number of hydrogen-bond donors (Lipinski definition) is 1. The maximum Gasteiger partial charge on any atom is 0.246 e. The Morgan fingerprint density at radius 3 is 2.50 bits per heavy atom. The molecule has 4 heterocycles. The van der Waals surface area contributed by atoms with Gasteiger partial charge in [0.25, 0.3) is 0 Å². The summed E-state index contributed by atoms with van der Waals surface area (Å²) < 4.78 is 0. The summed E-state index contributed by atoms with van der Waals surface area (Å²) in [4.78, 5) is 31.6. The molecular formula is C29H38N8O. The summed E-state index contributed by atoms with van der Waals surface area (Å²) in [5, 5.41) is 8.73. The summed E-state index contributed by atoms with van der Waals surface area (Å²) in [6.07, 6.45) is 5.23. The number of rotatable bonds is 4. The van der Waals surface area contributed by atoms with Crippen molar-refractivity contribution in [2.24, 2.45) is 5.92 Å². The van der Waals surface area contributed by atoms with E-state index in [2.05, 4.69) is 64.5 Å². The third-order valence-electron chi connectivity index (χ3n) is 8.79. The van der Waals surface area contributed by atoms with Crippen LogP contribution in [0.1, 0.15) is 35.2 Å². The average molecular weight is 515 g/mol. The van der Waals surface area contributed by atoms with E-state index in [0.29, 0.717) is 24.9 Å². The molecule has 0 saturated carbocycles. The Morgan fingerprint density at radius 1 is 1.03 bits per heavy atom. The van der Waals surface area contributed by atoms with Crippen molar-refractivity contribution in [3.8, 4) is 0 Å². The van der Waals surface area contributed by atoms with Crippen LogP contribution in [-0.4, -0.2) is 95.3 Å². The largest absolute Gasteiger partial charge is 0.353 e. The monoisotopic (exact) mass is 514 g/mol. The number of carbonyl (C=O) groups is 1. The first kappa shape index (κ1) is 24.9. The zero-order chi connectivity index (χ0) is 26.4. The molecule has 2 fully saturated rings. The second-order valence-corrected chi connectivity index (χ2v) is 11.2. The lowest BCUT2D eigenvalue weighted by Gasteiger charge is -2.40. The van der Waals surface area contributed by atoms with Crippen LogP contribution >= 0.6 is 0 Å². The summed E-state index contributed by atoms with van der Waals surface area (Å²) in [6, 6.07) is 4.34. The summed E-state index contributed by atoms with van der Waals surface area (Å²) in [7, 11) is 2.17. The van der Waals surface area contributed by atoms with E-state index in [1.165, 1.54) is 33.8 Å². The van der Waals surface area contributed by atoms with Crippen LogP contribution in [0.2, 0.25) is 0 Å². The van der Waals surface area contributed by atoms with E-state index in [9.17, 15) is 4.79 Å². The van der Waals surface area contributed by atoms with Crippen LogP contribution in [0, 0.1) is 12.8 Å². The first-order valence-corrected chi connectivity index (χ1v) is 13.8. The molecule has 200 valence electrons. The summed E-state index contributed by atoms with van der Waals surface area (Å²) in [6.45, 7) is 15.1. The number of hydrogen-bond acceptors (Lipinski definition) is 7. The van der Waals surface area contributed by atoms with Crippen molar-refractivity contribution in [2.45, 2.75) is 32.6 Å². The molecule has 38 heavy (non-hydrogen) atoms. The first-order valence-electron chi connectivity index (χ1n) is 13.8. The van der Waals surface area contributed by atoms with E-state index in [4.69, 9.17) is 9.97 Å². The van der Waals surface area contributed by atoms with Crippen molar-refractivity contribution in [3.63, 3.8) is 0 Å². The third kappa shape index (κ3) is 4.42. The number of benzene rings is 1. The van der Waals surface area contributed by atoms with Gasteiger partial charge in [0, 0.05) is 63.3 Å². The zero-order valence-electron chi connectivity index (χ0n) is 22.8. The van der Waals surface area contributed by atoms with Gasteiger partial charge in [-0.1, -0.05) is 19.6 Å². The lowest BCUT2D eigenvalue weighted by atomic mass is 9.73. The number of nitrogens with zero attached hydrogens (tertiary/aromatic N) is 7. The van der Waals surface area contributed by atoms with Gasteiger partial charge in [-0.15, -0.1) is 0 Å². The van der Waals surface area contributed by atoms with Gasteiger partial charge in [-0.05, 0) is 61.9 Å². The van der Waals surface area contributed by atoms with Gasteiger partial charge < -0.3 is 19.6 Å². The zero-order valence-corrected chi connectivity index (χ0v) is 22.8. The molecule has 1 aromatic carbocycles. The van der Waals surface area contributed by atoms with Gasteiger partial charge in [-0.25, -0.2) is 4.98 Å². The molecule has 0 radical (unpaired) electrons. The highest BCUT2D eigenvalue weighted by atomic mass is 16.2. The molecule has 2 saturated heterocycles. The number of aromatic nitrogens is 4. The molecule has 2 atom stereocenters. The Hall–Kier alpha value is -3.46. The van der Waals surface area contributed by atoms with Crippen molar-refractivity contribution in [2.75, 3.05) is 69.2 Å². The van der Waals surface area contributed by atoms with Gasteiger partial charge in [-0.2, -0.15) is 10.1 Å². The van der Waals surface area contributed by atoms with Crippen molar-refractivity contribution in [3.05, 3.63) is 53.4 Å². The third-order valence-corrected chi connectivity index (χ3v) is 8.79. The standard InChI is InChI=1S/C29H38N8O/c1-5-26(38)35-12-14-36(15-13-35)28-22-16-20(3)21(27-19(2)6-7-24-23(27)18-30-33-24)17-25(22)31-29(32-28)37-10-8-34(4)9-11-37/h5-7,18,20-21H,1,8-17H2,2-4H3,(H,30,33)/t20-,21?/m1/s1. The number of fused-ring (bicyclic) bond motifs is 2. The molecule has 1 amide bonds. The molecule has 1 aliphatic carbocycles. The number of H-pyrrole nitrogens is 1. The van der Waals surface area contributed by atoms with Crippen molar-refractivity contribution >= 4 is 28.6 Å². The molecule has 3 aliphatic rings. The van der Waals surface area contributed by atoms with E-state index in [1.54, 1.807) is 0 Å². The van der Waals surface area contributed by atoms with Crippen molar-refractivity contribution < 1.29 is 4.79 Å². The number of aromatic amines is 1. The highest BCUT2D eigenvalue weighted by Crippen LogP contribution is 2.43. The predicted octanol–water partition coefficient (Wildman–Crippen LogP) is 2.77. The van der Waals surface area contributed by atoms with Crippen LogP contribution < -0.4 is 9.80 Å². The maximum absolute atomic E-state index is 12.2. The quantitative estimate of drug-likeness (QED) is 0.536. The number of piperazine rings is 2. The minimum Gasteiger partial charge on any atom is -0.353 e. The lowest BCUT2D eigenvalue weighted by Crippen LogP contribution is -2.49. The van der Waals surface area contributed by atoms with Crippen LogP contribution in [0.5, 0.6) is 0 Å². The number of amides is 1. The normalized spacial score (nSPS) is 22.6. The molecule has 6 rings (SSSR count). The minimum absolute atomic E-state index is 0.00717. The predicted molar refractivity (Wildman–Crippen MR) is 151 cm³/mol. The van der Waals surface area contributed by atoms with E-state index < -0.39 is 0 Å². The van der Waals surface area contributed by atoms with E-state index in [1.807, 2.05) is 11.1 Å². The van der Waals surface area contributed by atoms with Gasteiger partial charge in [-0.3, -0.25) is 9.89 Å². The molecule has 1 N–H and O–H groups in total. The SMILES string of the molecule is C=CC(=O)N1CCN(c2nc(N3CCN(C)CC3)nc3c2C[C@@H](C)C(c2c(C)ccc4[nH]ncc24)C3)CC1. The fraction of sp³-hybridized carbons (Fsp3) is 0.517. The van der Waals surface area contributed by atoms with Gasteiger partial charge in [0.15, 0.2) is 0 Å². The Kier molecular flexibility index (Phi) is 6.55. The van der Waals surface area contributed by atoms with E-state index >= 15 is 0 Å². The van der Waals surface area contributed by atoms with Crippen LogP contribution in [0.25, 0.3) is 10.9 Å². The summed E-state index contributed by atoms with van der Waals surface area (Å²) in [5.41, 5.74) is 6.27. The molecule has 0 bridgehead atoms. The molecule has 9 nitrogen and oxygen atoms in total. The number of aryl methyl sites for hydroxylation is 1. The second kappa shape index (κ2) is 10.0. The van der Waals surface area contributed by atoms with Gasteiger partial charge in [0.05, 0.1) is 17.4 Å². The van der Waals surface area contributed by atoms with E-state index in [0.717, 1.165) is 69.4 Å². The Bertz CT molecular complexity index is 1350. The Labute approximate surface area is 224 Å². The molecule has 2 aliphatic heterocycles. The van der Waals surface area contributed by atoms with Crippen molar-refractivity contribution in [1.29, 1.82) is 0 Å². The lowest BCUT2D eigenvalue weighted by molar-refractivity contribution is -0.126. The maximum atomic E-state index is 12.2. The Morgan fingerprint density at radius 2 is 1.76 bits per heavy atom. The number of carbonyl (C=O) groups excluding carboxylic acids is 1. The average Bonchev–Trinajstić information content (AvgIpc) is 3.41. The highest BCUT2D eigenvalue weighted by Gasteiger charge is 2.35. The molecule has 0 spiro atoms. The Balaban J connectivity index is 1.38. The fourth-order valence-electron chi connectivity index (χ4n) is 6.46.